The lowest BCUT2D eigenvalue weighted by Crippen LogP contribution is -2.60. The summed E-state index contributed by atoms with van der Waals surface area (Å²) in [4.78, 5) is 25.7. The molecule has 2 aliphatic heterocycles. The predicted octanol–water partition coefficient (Wildman–Crippen LogP) is 2.97. The van der Waals surface area contributed by atoms with Gasteiger partial charge in [-0.25, -0.2) is 14.4 Å². The molecule has 2 aromatic rings. The average molecular weight is 472 g/mol. The second kappa shape index (κ2) is 8.06. The Kier molecular flexibility index (Phi) is 5.64. The second-order valence-electron chi connectivity index (χ2n) is 8.83. The van der Waals surface area contributed by atoms with Crippen LogP contribution >= 0.6 is 10.5 Å². The molecule has 0 aliphatic carbocycles. The summed E-state index contributed by atoms with van der Waals surface area (Å²) in [6.07, 6.45) is 2.86. The molecule has 1 unspecified atom stereocenters. The smallest absolute Gasteiger partial charge is 0.275 e. The summed E-state index contributed by atoms with van der Waals surface area (Å²) in [6.45, 7) is 5.89. The highest BCUT2D eigenvalue weighted by molar-refractivity contribution is 8.29. The lowest BCUT2D eigenvalue weighted by molar-refractivity contribution is 0.102. The SMILES string of the molecule is Cc1cc(C#N)cnc1C(=O)Nc1ccc(F)c([C@]2(C)CS3(O)NCCC[C@]3(C)C(N)=N2)n1. The number of rotatable bonds is 3. The van der Waals surface area contributed by atoms with Gasteiger partial charge in [0.25, 0.3) is 5.91 Å². The molecule has 174 valence electrons. The van der Waals surface area contributed by atoms with Crippen molar-refractivity contribution in [1.82, 2.24) is 14.7 Å². The zero-order valence-corrected chi connectivity index (χ0v) is 19.5. The van der Waals surface area contributed by atoms with E-state index < -0.39 is 32.5 Å². The van der Waals surface area contributed by atoms with E-state index in [0.29, 0.717) is 24.1 Å². The fourth-order valence-corrected chi connectivity index (χ4v) is 7.50. The number of aryl methyl sites for hydroxylation is 1. The molecule has 0 saturated carbocycles. The number of amides is 1. The highest BCUT2D eigenvalue weighted by Crippen LogP contribution is 2.62. The molecular weight excluding hydrogens is 445 g/mol. The second-order valence-corrected chi connectivity index (χ2v) is 11.7. The quantitative estimate of drug-likeness (QED) is 0.537. The van der Waals surface area contributed by atoms with Crippen LogP contribution < -0.4 is 15.8 Å². The number of aliphatic imine (C=N–C) groups is 1. The number of carbonyl (C=O) groups excluding carboxylic acids is 1. The molecule has 2 aliphatic rings. The van der Waals surface area contributed by atoms with Crippen LogP contribution in [0.5, 0.6) is 0 Å². The minimum atomic E-state index is -2.43. The molecule has 2 aromatic heterocycles. The Bertz CT molecular complexity index is 1220. The van der Waals surface area contributed by atoms with E-state index in [2.05, 4.69) is 25.0 Å². The normalized spacial score (nSPS) is 30.8. The Labute approximate surface area is 193 Å². The Morgan fingerprint density at radius 1 is 1.42 bits per heavy atom. The van der Waals surface area contributed by atoms with Crippen LogP contribution in [0.3, 0.4) is 0 Å². The molecule has 1 amide bonds. The predicted molar refractivity (Wildman–Crippen MR) is 126 cm³/mol. The maximum atomic E-state index is 15.0. The highest BCUT2D eigenvalue weighted by Gasteiger charge is 2.55. The third kappa shape index (κ3) is 3.84. The zero-order chi connectivity index (χ0) is 24.0. The van der Waals surface area contributed by atoms with E-state index in [1.807, 2.05) is 13.0 Å². The number of carbonyl (C=O) groups is 1. The van der Waals surface area contributed by atoms with Crippen LogP contribution in [-0.2, 0) is 5.54 Å². The van der Waals surface area contributed by atoms with Gasteiger partial charge >= 0.3 is 0 Å². The number of anilines is 1. The Morgan fingerprint density at radius 2 is 2.18 bits per heavy atom. The van der Waals surface area contributed by atoms with Gasteiger partial charge in [-0.1, -0.05) is 10.5 Å². The van der Waals surface area contributed by atoms with Crippen molar-refractivity contribution in [2.24, 2.45) is 10.7 Å². The van der Waals surface area contributed by atoms with Crippen molar-refractivity contribution in [2.45, 2.75) is 43.9 Å². The summed E-state index contributed by atoms with van der Waals surface area (Å²) in [7, 11) is -2.43. The maximum Gasteiger partial charge on any atom is 0.275 e. The highest BCUT2D eigenvalue weighted by atomic mass is 32.3. The third-order valence-electron chi connectivity index (χ3n) is 6.34. The van der Waals surface area contributed by atoms with Gasteiger partial charge in [-0.15, -0.1) is 0 Å². The molecule has 3 atom stereocenters. The van der Waals surface area contributed by atoms with Gasteiger partial charge in [-0.05, 0) is 57.4 Å². The number of nitrogens with one attached hydrogen (secondary N) is 2. The van der Waals surface area contributed by atoms with Crippen molar-refractivity contribution in [3.8, 4) is 6.07 Å². The number of nitrogens with two attached hydrogens (primary N) is 1. The van der Waals surface area contributed by atoms with Crippen LogP contribution in [0, 0.1) is 24.1 Å². The van der Waals surface area contributed by atoms with E-state index in [9.17, 15) is 13.7 Å². The molecule has 5 N–H and O–H groups in total. The number of nitrogens with zero attached hydrogens (tertiary/aromatic N) is 4. The Hall–Kier alpha value is -3.07. The van der Waals surface area contributed by atoms with Crippen molar-refractivity contribution in [2.75, 3.05) is 17.6 Å². The van der Waals surface area contributed by atoms with E-state index in [0.717, 1.165) is 6.42 Å². The monoisotopic (exact) mass is 471 g/mol. The van der Waals surface area contributed by atoms with Crippen LogP contribution in [0.15, 0.2) is 29.4 Å². The molecule has 0 radical (unpaired) electrons. The molecule has 9 nitrogen and oxygen atoms in total. The van der Waals surface area contributed by atoms with Gasteiger partial charge in [0.1, 0.15) is 40.5 Å². The number of halogens is 1. The summed E-state index contributed by atoms with van der Waals surface area (Å²) >= 11 is 0. The van der Waals surface area contributed by atoms with Crippen molar-refractivity contribution in [3.05, 3.63) is 52.7 Å². The van der Waals surface area contributed by atoms with Crippen LogP contribution in [0.2, 0.25) is 0 Å². The minimum absolute atomic E-state index is 0.0110. The molecule has 0 bridgehead atoms. The standard InChI is InChI=1S/C22H26FN7O2S/c1-13-9-14(10-24)11-26-17(13)19(31)29-16-6-5-15(23)18(28-16)21(2)12-33(32)22(3,20(25)30-21)7-4-8-27-33/h5-6,9,11,27,32H,4,7-8,12H2,1-3H3,(H2,25,30)(H,28,29,31)/t21-,22+/m0/s1. The first kappa shape index (κ1) is 23.1. The van der Waals surface area contributed by atoms with Crippen molar-refractivity contribution >= 4 is 28.1 Å². The first-order valence-corrected chi connectivity index (χ1v) is 12.3. The van der Waals surface area contributed by atoms with E-state index in [-0.39, 0.29) is 28.8 Å². The lowest BCUT2D eigenvalue weighted by atomic mass is 9.96. The van der Waals surface area contributed by atoms with Crippen LogP contribution in [-0.4, -0.2) is 43.3 Å². The number of hydrogen-bond acceptors (Lipinski definition) is 8. The van der Waals surface area contributed by atoms with Gasteiger partial charge in [0, 0.05) is 18.5 Å². The van der Waals surface area contributed by atoms with Gasteiger partial charge < -0.3 is 15.6 Å². The van der Waals surface area contributed by atoms with Crippen LogP contribution in [0.4, 0.5) is 10.2 Å². The van der Waals surface area contributed by atoms with Crippen molar-refractivity contribution < 1.29 is 13.7 Å². The Morgan fingerprint density at radius 3 is 2.88 bits per heavy atom. The molecule has 1 fully saturated rings. The molecule has 11 heteroatoms. The Balaban J connectivity index is 1.68. The average Bonchev–Trinajstić information content (AvgIpc) is 2.76. The first-order chi connectivity index (χ1) is 15.5. The molecule has 4 rings (SSSR count). The van der Waals surface area contributed by atoms with Crippen LogP contribution in [0.1, 0.15) is 54.0 Å². The van der Waals surface area contributed by atoms with E-state index in [1.165, 1.54) is 18.3 Å². The van der Waals surface area contributed by atoms with Gasteiger partial charge in [-0.2, -0.15) is 5.26 Å². The summed E-state index contributed by atoms with van der Waals surface area (Å²) in [5.41, 5.74) is 6.10. The minimum Gasteiger partial charge on any atom is -0.386 e. The number of pyridine rings is 2. The number of amidine groups is 1. The summed E-state index contributed by atoms with van der Waals surface area (Å²) in [6, 6.07) is 6.08. The van der Waals surface area contributed by atoms with Crippen molar-refractivity contribution in [1.29, 1.82) is 5.26 Å². The maximum absolute atomic E-state index is 15.0. The largest absolute Gasteiger partial charge is 0.386 e. The van der Waals surface area contributed by atoms with E-state index in [1.54, 1.807) is 19.9 Å². The fourth-order valence-electron chi connectivity index (χ4n) is 4.39. The molecular formula is C22H26FN7O2S. The summed E-state index contributed by atoms with van der Waals surface area (Å²) in [5.74, 6) is -0.612. The molecule has 33 heavy (non-hydrogen) atoms. The molecule has 0 spiro atoms. The lowest BCUT2D eigenvalue weighted by Gasteiger charge is -2.57. The van der Waals surface area contributed by atoms with Gasteiger partial charge in [0.05, 0.1) is 10.3 Å². The number of hydrogen-bond donors (Lipinski definition) is 4. The number of aromatic nitrogens is 2. The van der Waals surface area contributed by atoms with Crippen molar-refractivity contribution in [3.63, 3.8) is 0 Å². The van der Waals surface area contributed by atoms with E-state index in [4.69, 9.17) is 11.0 Å². The van der Waals surface area contributed by atoms with Gasteiger partial charge in [0.2, 0.25) is 0 Å². The van der Waals surface area contributed by atoms with Gasteiger partial charge in [-0.3, -0.25) is 14.5 Å². The fraction of sp³-hybridized carbons (Fsp3) is 0.409. The number of nitriles is 1. The van der Waals surface area contributed by atoms with E-state index >= 15 is 0 Å². The summed E-state index contributed by atoms with van der Waals surface area (Å²) < 4.78 is 29.0. The molecule has 4 heterocycles. The zero-order valence-electron chi connectivity index (χ0n) is 18.6. The summed E-state index contributed by atoms with van der Waals surface area (Å²) in [5, 5.41) is 11.6. The molecule has 0 aromatic carbocycles. The van der Waals surface area contributed by atoms with Crippen LogP contribution in [0.25, 0.3) is 0 Å². The topological polar surface area (TPSA) is 149 Å². The molecule has 1 saturated heterocycles. The third-order valence-corrected chi connectivity index (χ3v) is 9.90. The van der Waals surface area contributed by atoms with Gasteiger partial charge in [0.15, 0.2) is 0 Å². The first-order valence-electron chi connectivity index (χ1n) is 10.5. The number of fused-ring (bicyclic) bond motifs is 1.